The maximum Gasteiger partial charge on any atom is 0.222 e. The Hall–Kier alpha value is -1.35. The van der Waals surface area contributed by atoms with Crippen LogP contribution < -0.4 is 5.32 Å². The fourth-order valence-corrected chi connectivity index (χ4v) is 3.39. The van der Waals surface area contributed by atoms with Crippen LogP contribution in [0.1, 0.15) is 30.4 Å². The molecule has 0 spiro atoms. The number of amides is 1. The topological polar surface area (TPSA) is 32.3 Å². The van der Waals surface area contributed by atoms with E-state index in [1.54, 1.807) is 0 Å². The van der Waals surface area contributed by atoms with Crippen LogP contribution in [0.15, 0.2) is 24.3 Å². The van der Waals surface area contributed by atoms with Crippen molar-refractivity contribution in [2.45, 2.75) is 32.1 Å². The molecule has 1 atom stereocenters. The van der Waals surface area contributed by atoms with Crippen molar-refractivity contribution >= 4 is 5.91 Å². The van der Waals surface area contributed by atoms with Gasteiger partial charge in [-0.2, -0.15) is 0 Å². The predicted molar refractivity (Wildman–Crippen MR) is 80.6 cm³/mol. The van der Waals surface area contributed by atoms with Crippen molar-refractivity contribution in [1.82, 2.24) is 10.2 Å². The molecule has 2 aliphatic rings. The molecule has 0 aromatic heterocycles. The zero-order chi connectivity index (χ0) is 13.8. The first kappa shape index (κ1) is 13.6. The molecule has 3 rings (SSSR count). The number of hydrogen-bond donors (Lipinski definition) is 1. The Labute approximate surface area is 121 Å². The van der Waals surface area contributed by atoms with E-state index in [1.165, 1.54) is 24.0 Å². The summed E-state index contributed by atoms with van der Waals surface area (Å²) >= 11 is 0. The molecule has 0 radical (unpaired) electrons. The maximum absolute atomic E-state index is 12.5. The fraction of sp³-hybridized carbons (Fsp3) is 0.588. The van der Waals surface area contributed by atoms with Gasteiger partial charge < -0.3 is 10.2 Å². The van der Waals surface area contributed by atoms with E-state index >= 15 is 0 Å². The highest BCUT2D eigenvalue weighted by molar-refractivity contribution is 5.76. The Morgan fingerprint density at radius 1 is 1.20 bits per heavy atom. The number of nitrogens with one attached hydrogen (secondary N) is 1. The van der Waals surface area contributed by atoms with Gasteiger partial charge in [0, 0.05) is 19.5 Å². The van der Waals surface area contributed by atoms with Crippen molar-refractivity contribution in [2.75, 3.05) is 26.2 Å². The van der Waals surface area contributed by atoms with Gasteiger partial charge in [-0.25, -0.2) is 0 Å². The van der Waals surface area contributed by atoms with Crippen molar-refractivity contribution < 1.29 is 4.79 Å². The average molecular weight is 272 g/mol. The monoisotopic (exact) mass is 272 g/mol. The van der Waals surface area contributed by atoms with Gasteiger partial charge in [0.1, 0.15) is 0 Å². The number of piperidine rings is 1. The van der Waals surface area contributed by atoms with Gasteiger partial charge in [0.15, 0.2) is 0 Å². The Kier molecular flexibility index (Phi) is 4.36. The summed E-state index contributed by atoms with van der Waals surface area (Å²) in [5.41, 5.74) is 2.84. The predicted octanol–water partition coefficient (Wildman–Crippen LogP) is 2.00. The molecule has 2 aliphatic heterocycles. The van der Waals surface area contributed by atoms with E-state index in [-0.39, 0.29) is 0 Å². The van der Waals surface area contributed by atoms with Gasteiger partial charge in [-0.05, 0) is 55.8 Å². The number of carbonyl (C=O) groups excluding carboxylic acids is 1. The summed E-state index contributed by atoms with van der Waals surface area (Å²) in [6.07, 6.45) is 5.15. The molecule has 108 valence electrons. The molecule has 1 N–H and O–H groups in total. The third-order valence-corrected chi connectivity index (χ3v) is 4.64. The van der Waals surface area contributed by atoms with Crippen molar-refractivity contribution in [1.29, 1.82) is 0 Å². The molecule has 1 fully saturated rings. The lowest BCUT2D eigenvalue weighted by atomic mass is 9.95. The number of nitrogens with zero attached hydrogens (tertiary/aromatic N) is 1. The van der Waals surface area contributed by atoms with E-state index in [9.17, 15) is 4.79 Å². The zero-order valence-electron chi connectivity index (χ0n) is 12.1. The number of fused-ring (bicyclic) bond motifs is 1. The number of carbonyl (C=O) groups is 1. The highest BCUT2D eigenvalue weighted by Gasteiger charge is 2.22. The van der Waals surface area contributed by atoms with Gasteiger partial charge in [0.25, 0.3) is 0 Å². The molecular weight excluding hydrogens is 248 g/mol. The molecule has 20 heavy (non-hydrogen) atoms. The Balaban J connectivity index is 1.57. The van der Waals surface area contributed by atoms with Gasteiger partial charge >= 0.3 is 0 Å². The van der Waals surface area contributed by atoms with Crippen LogP contribution in [0, 0.1) is 5.92 Å². The van der Waals surface area contributed by atoms with Crippen LogP contribution in [0.25, 0.3) is 0 Å². The molecule has 1 unspecified atom stereocenters. The van der Waals surface area contributed by atoms with Crippen molar-refractivity contribution in [2.24, 2.45) is 5.92 Å². The minimum absolute atomic E-state index is 0.353. The van der Waals surface area contributed by atoms with Gasteiger partial charge in [-0.1, -0.05) is 24.3 Å². The lowest BCUT2D eigenvalue weighted by Crippen LogP contribution is -2.37. The van der Waals surface area contributed by atoms with Crippen LogP contribution in [-0.4, -0.2) is 37.0 Å². The lowest BCUT2D eigenvalue weighted by Gasteiger charge is -2.26. The summed E-state index contributed by atoms with van der Waals surface area (Å²) in [5, 5.41) is 3.40. The molecule has 3 nitrogen and oxygen atoms in total. The molecule has 1 amide bonds. The zero-order valence-corrected chi connectivity index (χ0v) is 12.1. The van der Waals surface area contributed by atoms with E-state index in [0.717, 1.165) is 45.4 Å². The first-order valence-corrected chi connectivity index (χ1v) is 7.88. The van der Waals surface area contributed by atoms with E-state index < -0.39 is 0 Å². The largest absolute Gasteiger partial charge is 0.342 e. The molecule has 0 aliphatic carbocycles. The Morgan fingerprint density at radius 3 is 2.50 bits per heavy atom. The fourth-order valence-electron chi connectivity index (χ4n) is 3.39. The molecular formula is C17H24N2O. The third kappa shape index (κ3) is 3.21. The van der Waals surface area contributed by atoms with E-state index in [4.69, 9.17) is 0 Å². The third-order valence-electron chi connectivity index (χ3n) is 4.64. The van der Waals surface area contributed by atoms with Crippen LogP contribution in [-0.2, 0) is 17.6 Å². The van der Waals surface area contributed by atoms with E-state index in [0.29, 0.717) is 11.8 Å². The normalized spacial score (nSPS) is 23.0. The second-order valence-electron chi connectivity index (χ2n) is 6.07. The number of benzene rings is 1. The summed E-state index contributed by atoms with van der Waals surface area (Å²) < 4.78 is 0. The van der Waals surface area contributed by atoms with E-state index in [2.05, 4.69) is 34.5 Å². The molecule has 1 aromatic carbocycles. The first-order chi connectivity index (χ1) is 9.83. The molecule has 0 bridgehead atoms. The second-order valence-corrected chi connectivity index (χ2v) is 6.07. The van der Waals surface area contributed by atoms with Crippen LogP contribution in [0.3, 0.4) is 0 Å². The van der Waals surface area contributed by atoms with Crippen molar-refractivity contribution in [3.05, 3.63) is 35.4 Å². The number of rotatable bonds is 2. The van der Waals surface area contributed by atoms with Crippen LogP contribution >= 0.6 is 0 Å². The first-order valence-electron chi connectivity index (χ1n) is 7.88. The minimum Gasteiger partial charge on any atom is -0.342 e. The molecule has 3 heteroatoms. The van der Waals surface area contributed by atoms with E-state index in [1.807, 2.05) is 0 Å². The molecule has 1 saturated heterocycles. The van der Waals surface area contributed by atoms with Gasteiger partial charge in [-0.15, -0.1) is 0 Å². The summed E-state index contributed by atoms with van der Waals surface area (Å²) in [7, 11) is 0. The Bertz CT molecular complexity index is 439. The molecule has 2 heterocycles. The molecule has 1 aromatic rings. The highest BCUT2D eigenvalue weighted by atomic mass is 16.2. The van der Waals surface area contributed by atoms with Crippen molar-refractivity contribution in [3.8, 4) is 0 Å². The quantitative estimate of drug-likeness (QED) is 0.893. The van der Waals surface area contributed by atoms with Gasteiger partial charge in [0.2, 0.25) is 5.91 Å². The van der Waals surface area contributed by atoms with Crippen LogP contribution in [0.5, 0.6) is 0 Å². The highest BCUT2D eigenvalue weighted by Crippen LogP contribution is 2.19. The average Bonchev–Trinajstić information content (AvgIpc) is 2.71. The summed E-state index contributed by atoms with van der Waals surface area (Å²) in [6.45, 7) is 3.90. The van der Waals surface area contributed by atoms with Crippen LogP contribution in [0.4, 0.5) is 0 Å². The molecule has 0 saturated carbocycles. The maximum atomic E-state index is 12.5. The standard InChI is InChI=1S/C17H24N2O/c20-17(12-14-4-3-9-18-13-14)19-10-7-15-5-1-2-6-16(15)8-11-19/h1-2,5-6,14,18H,3-4,7-13H2. The van der Waals surface area contributed by atoms with Crippen LogP contribution in [0.2, 0.25) is 0 Å². The van der Waals surface area contributed by atoms with Gasteiger partial charge in [0.05, 0.1) is 0 Å². The van der Waals surface area contributed by atoms with Gasteiger partial charge in [-0.3, -0.25) is 4.79 Å². The summed E-state index contributed by atoms with van der Waals surface area (Å²) in [5.74, 6) is 0.897. The smallest absolute Gasteiger partial charge is 0.222 e. The number of hydrogen-bond acceptors (Lipinski definition) is 2. The second kappa shape index (κ2) is 6.40. The summed E-state index contributed by atoms with van der Waals surface area (Å²) in [4.78, 5) is 14.5. The lowest BCUT2D eigenvalue weighted by molar-refractivity contribution is -0.132. The SMILES string of the molecule is O=C(CC1CCCNC1)N1CCc2ccccc2CC1. The summed E-state index contributed by atoms with van der Waals surface area (Å²) in [6, 6.07) is 8.61. The van der Waals surface area contributed by atoms with Crippen molar-refractivity contribution in [3.63, 3.8) is 0 Å². The Morgan fingerprint density at radius 2 is 1.90 bits per heavy atom. The minimum atomic E-state index is 0.353.